The molecule has 1 aliphatic rings. The number of carboxylic acids is 1. The number of aromatic nitrogens is 1. The minimum atomic E-state index is -0.893. The molecule has 2 aromatic rings. The van der Waals surface area contributed by atoms with Crippen LogP contribution in [-0.2, 0) is 9.59 Å². The first-order chi connectivity index (χ1) is 10.6. The van der Waals surface area contributed by atoms with E-state index in [1.807, 2.05) is 11.0 Å². The molecule has 2 N–H and O–H groups in total. The zero-order chi connectivity index (χ0) is 15.7. The van der Waals surface area contributed by atoms with E-state index < -0.39 is 12.0 Å². The van der Waals surface area contributed by atoms with Crippen LogP contribution in [0.2, 0.25) is 5.02 Å². The third kappa shape index (κ3) is 2.67. The number of fused-ring (bicyclic) bond motifs is 1. The van der Waals surface area contributed by atoms with Crippen molar-refractivity contribution >= 4 is 34.9 Å². The van der Waals surface area contributed by atoms with Crippen LogP contribution in [0.4, 0.5) is 0 Å². The predicted molar refractivity (Wildman–Crippen MR) is 82.9 cm³/mol. The van der Waals surface area contributed by atoms with Crippen molar-refractivity contribution in [1.82, 2.24) is 14.8 Å². The van der Waals surface area contributed by atoms with E-state index >= 15 is 0 Å². The molecule has 1 atom stereocenters. The zero-order valence-electron chi connectivity index (χ0n) is 11.8. The third-order valence-corrected chi connectivity index (χ3v) is 4.30. The molecule has 0 saturated carbocycles. The summed E-state index contributed by atoms with van der Waals surface area (Å²) in [6, 6.07) is 4.64. The standard InChI is InChI=1S/C15H16ClN3O3/c16-10-1-2-11-12(8-17-13(11)7-10)14(15(21)22)19-5-3-18(9-20)4-6-19/h1-2,7-9,14,17H,3-6H2,(H,21,22)/t14-/m0/s1. The minimum absolute atomic E-state index is 0.538. The number of benzene rings is 1. The molecule has 1 aromatic carbocycles. The first-order valence-electron chi connectivity index (χ1n) is 7.03. The third-order valence-electron chi connectivity index (χ3n) is 4.07. The zero-order valence-corrected chi connectivity index (χ0v) is 12.6. The van der Waals surface area contributed by atoms with Crippen LogP contribution in [0.5, 0.6) is 0 Å². The van der Waals surface area contributed by atoms with Gasteiger partial charge in [-0.25, -0.2) is 0 Å². The smallest absolute Gasteiger partial charge is 0.325 e. The number of hydrogen-bond donors (Lipinski definition) is 2. The number of aromatic amines is 1. The van der Waals surface area contributed by atoms with Crippen LogP contribution < -0.4 is 0 Å². The Morgan fingerprint density at radius 1 is 1.32 bits per heavy atom. The van der Waals surface area contributed by atoms with Crippen molar-refractivity contribution in [3.05, 3.63) is 35.0 Å². The van der Waals surface area contributed by atoms with E-state index in [0.29, 0.717) is 31.2 Å². The molecule has 1 fully saturated rings. The van der Waals surface area contributed by atoms with Gasteiger partial charge in [0.2, 0.25) is 6.41 Å². The molecule has 0 spiro atoms. The van der Waals surface area contributed by atoms with Crippen molar-refractivity contribution in [3.63, 3.8) is 0 Å². The van der Waals surface area contributed by atoms with E-state index in [1.165, 1.54) is 0 Å². The first-order valence-corrected chi connectivity index (χ1v) is 7.40. The van der Waals surface area contributed by atoms with E-state index in [2.05, 4.69) is 4.98 Å². The van der Waals surface area contributed by atoms with Crippen molar-refractivity contribution in [2.75, 3.05) is 26.2 Å². The number of piperazine rings is 1. The van der Waals surface area contributed by atoms with Crippen molar-refractivity contribution < 1.29 is 14.7 Å². The van der Waals surface area contributed by atoms with E-state index in [1.54, 1.807) is 23.2 Å². The fraction of sp³-hybridized carbons (Fsp3) is 0.333. The average Bonchev–Trinajstić information content (AvgIpc) is 2.90. The number of hydrogen-bond acceptors (Lipinski definition) is 3. The van der Waals surface area contributed by atoms with Crippen LogP contribution in [0.3, 0.4) is 0 Å². The number of aliphatic carboxylic acids is 1. The molecule has 1 aliphatic heterocycles. The van der Waals surface area contributed by atoms with Crippen molar-refractivity contribution in [1.29, 1.82) is 0 Å². The van der Waals surface area contributed by atoms with Crippen LogP contribution in [0, 0.1) is 0 Å². The quantitative estimate of drug-likeness (QED) is 0.841. The van der Waals surface area contributed by atoms with Crippen molar-refractivity contribution in [3.8, 4) is 0 Å². The van der Waals surface area contributed by atoms with Crippen LogP contribution in [-0.4, -0.2) is 58.4 Å². The second kappa shape index (κ2) is 5.98. The fourth-order valence-corrected chi connectivity index (χ4v) is 3.11. The summed E-state index contributed by atoms with van der Waals surface area (Å²) in [6.45, 7) is 2.16. The number of carbonyl (C=O) groups is 2. The summed E-state index contributed by atoms with van der Waals surface area (Å²) in [5, 5.41) is 11.1. The van der Waals surface area contributed by atoms with E-state index in [4.69, 9.17) is 11.6 Å². The van der Waals surface area contributed by atoms with Crippen molar-refractivity contribution in [2.24, 2.45) is 0 Å². The lowest BCUT2D eigenvalue weighted by atomic mass is 10.0. The molecule has 1 aromatic heterocycles. The van der Waals surface area contributed by atoms with Crippen LogP contribution in [0.1, 0.15) is 11.6 Å². The molecule has 22 heavy (non-hydrogen) atoms. The van der Waals surface area contributed by atoms with Gasteiger partial charge in [0.05, 0.1) is 0 Å². The number of nitrogens with zero attached hydrogens (tertiary/aromatic N) is 2. The SMILES string of the molecule is O=CN1CCN([C@H](C(=O)O)c2c[nH]c3cc(Cl)ccc23)CC1. The molecule has 1 saturated heterocycles. The van der Waals surface area contributed by atoms with Gasteiger partial charge in [-0.1, -0.05) is 17.7 Å². The molecule has 0 aliphatic carbocycles. The van der Waals surface area contributed by atoms with Crippen LogP contribution in [0.25, 0.3) is 10.9 Å². The Kier molecular flexibility index (Phi) is 4.04. The van der Waals surface area contributed by atoms with Gasteiger partial charge in [-0.3, -0.25) is 14.5 Å². The number of nitrogens with one attached hydrogen (secondary N) is 1. The number of carboxylic acid groups (broad SMARTS) is 1. The summed E-state index contributed by atoms with van der Waals surface area (Å²) in [7, 11) is 0. The van der Waals surface area contributed by atoms with E-state index in [0.717, 1.165) is 22.9 Å². The highest BCUT2D eigenvalue weighted by Crippen LogP contribution is 2.30. The Bertz CT molecular complexity index is 707. The maximum Gasteiger partial charge on any atom is 0.325 e. The van der Waals surface area contributed by atoms with Crippen LogP contribution in [0.15, 0.2) is 24.4 Å². The summed E-state index contributed by atoms with van der Waals surface area (Å²) >= 11 is 5.97. The molecule has 7 heteroatoms. The molecule has 2 heterocycles. The molecule has 3 rings (SSSR count). The fourth-order valence-electron chi connectivity index (χ4n) is 2.93. The van der Waals surface area contributed by atoms with Gasteiger partial charge in [0, 0.05) is 53.9 Å². The average molecular weight is 322 g/mol. The number of rotatable bonds is 4. The Balaban J connectivity index is 1.93. The van der Waals surface area contributed by atoms with Gasteiger partial charge < -0.3 is 15.0 Å². The molecular weight excluding hydrogens is 306 g/mol. The number of halogens is 1. The maximum absolute atomic E-state index is 11.8. The highest BCUT2D eigenvalue weighted by atomic mass is 35.5. The Hall–Kier alpha value is -2.05. The summed E-state index contributed by atoms with van der Waals surface area (Å²) in [5.74, 6) is -0.893. The Labute approximate surface area is 132 Å². The molecule has 116 valence electrons. The summed E-state index contributed by atoms with van der Waals surface area (Å²) < 4.78 is 0. The normalized spacial score (nSPS) is 17.6. The number of H-pyrrole nitrogens is 1. The second-order valence-corrected chi connectivity index (χ2v) is 5.79. The molecular formula is C15H16ClN3O3. The van der Waals surface area contributed by atoms with Gasteiger partial charge in [0.25, 0.3) is 0 Å². The van der Waals surface area contributed by atoms with Gasteiger partial charge >= 0.3 is 5.97 Å². The topological polar surface area (TPSA) is 76.6 Å². The lowest BCUT2D eigenvalue weighted by Crippen LogP contribution is -2.48. The molecule has 0 unspecified atom stereocenters. The molecule has 0 radical (unpaired) electrons. The molecule has 6 nitrogen and oxygen atoms in total. The summed E-state index contributed by atoms with van der Waals surface area (Å²) in [4.78, 5) is 29.2. The highest BCUT2D eigenvalue weighted by molar-refractivity contribution is 6.31. The molecule has 1 amide bonds. The minimum Gasteiger partial charge on any atom is -0.480 e. The second-order valence-electron chi connectivity index (χ2n) is 5.35. The lowest BCUT2D eigenvalue weighted by molar-refractivity contribution is -0.144. The van der Waals surface area contributed by atoms with Gasteiger partial charge in [-0.2, -0.15) is 0 Å². The Morgan fingerprint density at radius 3 is 2.68 bits per heavy atom. The van der Waals surface area contributed by atoms with Crippen molar-refractivity contribution in [2.45, 2.75) is 6.04 Å². The first kappa shape index (κ1) is 14.9. The number of amides is 1. The van der Waals surface area contributed by atoms with Gasteiger partial charge in [0.1, 0.15) is 6.04 Å². The summed E-state index contributed by atoms with van der Waals surface area (Å²) in [5.41, 5.74) is 1.54. The lowest BCUT2D eigenvalue weighted by Gasteiger charge is -2.36. The number of carbonyl (C=O) groups excluding carboxylic acids is 1. The van der Waals surface area contributed by atoms with Gasteiger partial charge in [-0.15, -0.1) is 0 Å². The van der Waals surface area contributed by atoms with E-state index in [-0.39, 0.29) is 0 Å². The highest BCUT2D eigenvalue weighted by Gasteiger charge is 2.31. The largest absolute Gasteiger partial charge is 0.480 e. The summed E-state index contributed by atoms with van der Waals surface area (Å²) in [6.07, 6.45) is 2.53. The monoisotopic (exact) mass is 321 g/mol. The molecule has 0 bridgehead atoms. The van der Waals surface area contributed by atoms with Gasteiger partial charge in [0.15, 0.2) is 0 Å². The predicted octanol–water partition coefficient (Wildman–Crippen LogP) is 1.72. The maximum atomic E-state index is 11.8. The van der Waals surface area contributed by atoms with E-state index in [9.17, 15) is 14.7 Å². The Morgan fingerprint density at radius 2 is 2.05 bits per heavy atom. The van der Waals surface area contributed by atoms with Gasteiger partial charge in [-0.05, 0) is 12.1 Å². The van der Waals surface area contributed by atoms with Crippen LogP contribution >= 0.6 is 11.6 Å².